The molecule has 1 unspecified atom stereocenters. The number of rotatable bonds is 4. The Balaban J connectivity index is 2.53. The topological polar surface area (TPSA) is 42.0 Å². The third-order valence-electron chi connectivity index (χ3n) is 2.79. The lowest BCUT2D eigenvalue weighted by atomic mass is 9.84. The highest BCUT2D eigenvalue weighted by molar-refractivity contribution is 6.30. The van der Waals surface area contributed by atoms with Gasteiger partial charge in [0.05, 0.1) is 11.9 Å². The Hall–Kier alpha value is -1.09. The molecule has 0 aliphatic carbocycles. The van der Waals surface area contributed by atoms with Crippen molar-refractivity contribution in [1.82, 2.24) is 4.98 Å². The van der Waals surface area contributed by atoms with Gasteiger partial charge >= 0.3 is 0 Å². The Kier molecular flexibility index (Phi) is 5.36. The maximum atomic E-state index is 11.9. The summed E-state index contributed by atoms with van der Waals surface area (Å²) in [7, 11) is 0. The van der Waals surface area contributed by atoms with Crippen LogP contribution in [0.1, 0.15) is 46.1 Å². The smallest absolute Gasteiger partial charge is 0.224 e. The minimum atomic E-state index is 0.0280. The molecular formula is C15H23ClN2O. The molecule has 0 aliphatic heterocycles. The first kappa shape index (κ1) is 16.0. The van der Waals surface area contributed by atoms with E-state index in [0.717, 1.165) is 12.0 Å². The number of carbonyl (C=O) groups is 1. The monoisotopic (exact) mass is 282 g/mol. The van der Waals surface area contributed by atoms with E-state index >= 15 is 0 Å². The molecular weight excluding hydrogens is 260 g/mol. The highest BCUT2D eigenvalue weighted by Gasteiger charge is 2.17. The summed E-state index contributed by atoms with van der Waals surface area (Å²) in [5.74, 6) is 0.390. The van der Waals surface area contributed by atoms with Gasteiger partial charge in [0.1, 0.15) is 5.15 Å². The molecule has 0 aliphatic rings. The van der Waals surface area contributed by atoms with Gasteiger partial charge in [-0.2, -0.15) is 0 Å². The minimum absolute atomic E-state index is 0.0280. The second-order valence-electron chi connectivity index (χ2n) is 6.45. The Labute approximate surface area is 120 Å². The van der Waals surface area contributed by atoms with Crippen molar-refractivity contribution in [2.45, 2.75) is 47.5 Å². The van der Waals surface area contributed by atoms with Crippen LogP contribution in [-0.2, 0) is 4.79 Å². The first-order valence-electron chi connectivity index (χ1n) is 6.59. The van der Waals surface area contributed by atoms with E-state index in [2.05, 4.69) is 38.0 Å². The van der Waals surface area contributed by atoms with Crippen LogP contribution in [0.3, 0.4) is 0 Å². The van der Waals surface area contributed by atoms with E-state index in [4.69, 9.17) is 11.6 Å². The van der Waals surface area contributed by atoms with Crippen LogP contribution < -0.4 is 5.32 Å². The predicted octanol–water partition coefficient (Wildman–Crippen LogP) is 4.44. The summed E-state index contributed by atoms with van der Waals surface area (Å²) in [4.78, 5) is 16.0. The first-order chi connectivity index (χ1) is 8.67. The number of hydrogen-bond donors (Lipinski definition) is 1. The van der Waals surface area contributed by atoms with Gasteiger partial charge in [0.25, 0.3) is 0 Å². The summed E-state index contributed by atoms with van der Waals surface area (Å²) in [6.07, 6.45) is 3.14. The van der Waals surface area contributed by atoms with E-state index < -0.39 is 0 Å². The van der Waals surface area contributed by atoms with E-state index in [0.29, 0.717) is 23.2 Å². The number of nitrogens with one attached hydrogen (secondary N) is 1. The average molecular weight is 283 g/mol. The number of carbonyl (C=O) groups excluding carboxylic acids is 1. The molecule has 1 atom stereocenters. The van der Waals surface area contributed by atoms with E-state index in [9.17, 15) is 4.79 Å². The zero-order valence-corrected chi connectivity index (χ0v) is 13.1. The quantitative estimate of drug-likeness (QED) is 0.829. The SMILES string of the molecule is Cc1cc(NC(=O)CC(C)CC(C)(C)C)cnc1Cl. The molecule has 0 spiro atoms. The van der Waals surface area contributed by atoms with E-state index in [1.54, 1.807) is 6.20 Å². The third-order valence-corrected chi connectivity index (χ3v) is 3.19. The Morgan fingerprint density at radius 2 is 2.11 bits per heavy atom. The van der Waals surface area contributed by atoms with Crippen molar-refractivity contribution in [3.05, 3.63) is 23.0 Å². The first-order valence-corrected chi connectivity index (χ1v) is 6.97. The van der Waals surface area contributed by atoms with E-state index in [1.807, 2.05) is 13.0 Å². The molecule has 1 heterocycles. The van der Waals surface area contributed by atoms with Crippen molar-refractivity contribution in [2.24, 2.45) is 11.3 Å². The third kappa shape index (κ3) is 6.06. The standard InChI is InChI=1S/C15H23ClN2O/c1-10(8-15(3,4)5)6-13(19)18-12-7-11(2)14(16)17-9-12/h7,9-10H,6,8H2,1-5H3,(H,18,19). The zero-order valence-electron chi connectivity index (χ0n) is 12.4. The maximum Gasteiger partial charge on any atom is 0.224 e. The molecule has 0 bridgehead atoms. The summed E-state index contributed by atoms with van der Waals surface area (Å²) < 4.78 is 0. The van der Waals surface area contributed by atoms with Crippen LogP contribution in [0, 0.1) is 18.3 Å². The molecule has 0 saturated carbocycles. The van der Waals surface area contributed by atoms with Crippen LogP contribution in [0.4, 0.5) is 5.69 Å². The van der Waals surface area contributed by atoms with Crippen molar-refractivity contribution in [3.63, 3.8) is 0 Å². The fourth-order valence-electron chi connectivity index (χ4n) is 2.27. The fourth-order valence-corrected chi connectivity index (χ4v) is 2.38. The lowest BCUT2D eigenvalue weighted by Crippen LogP contribution is -2.19. The maximum absolute atomic E-state index is 11.9. The number of anilines is 1. The largest absolute Gasteiger partial charge is 0.325 e. The van der Waals surface area contributed by atoms with E-state index in [1.165, 1.54) is 0 Å². The lowest BCUT2D eigenvalue weighted by molar-refractivity contribution is -0.117. The molecule has 3 nitrogen and oxygen atoms in total. The van der Waals surface area contributed by atoms with Gasteiger partial charge in [0, 0.05) is 6.42 Å². The number of aryl methyl sites for hydroxylation is 1. The average Bonchev–Trinajstić information content (AvgIpc) is 2.20. The molecule has 4 heteroatoms. The molecule has 0 aromatic carbocycles. The molecule has 0 saturated heterocycles. The number of amides is 1. The van der Waals surface area contributed by atoms with Gasteiger partial charge in [-0.1, -0.05) is 39.3 Å². The molecule has 1 N–H and O–H groups in total. The van der Waals surface area contributed by atoms with Crippen molar-refractivity contribution in [2.75, 3.05) is 5.32 Å². The van der Waals surface area contributed by atoms with Crippen molar-refractivity contribution in [1.29, 1.82) is 0 Å². The number of pyridine rings is 1. The molecule has 1 rings (SSSR count). The number of halogens is 1. The van der Waals surface area contributed by atoms with Gasteiger partial charge in [-0.25, -0.2) is 4.98 Å². The minimum Gasteiger partial charge on any atom is -0.325 e. The van der Waals surface area contributed by atoms with Crippen LogP contribution in [0.25, 0.3) is 0 Å². The fraction of sp³-hybridized carbons (Fsp3) is 0.600. The second kappa shape index (κ2) is 6.38. The van der Waals surface area contributed by atoms with Crippen LogP contribution >= 0.6 is 11.6 Å². The Morgan fingerprint density at radius 1 is 1.47 bits per heavy atom. The van der Waals surface area contributed by atoms with Crippen LogP contribution in [0.2, 0.25) is 5.15 Å². The van der Waals surface area contributed by atoms with Gasteiger partial charge in [-0.05, 0) is 36.3 Å². The molecule has 1 amide bonds. The van der Waals surface area contributed by atoms with Crippen LogP contribution in [0.5, 0.6) is 0 Å². The zero-order chi connectivity index (χ0) is 14.6. The highest BCUT2D eigenvalue weighted by Crippen LogP contribution is 2.26. The Morgan fingerprint density at radius 3 is 2.63 bits per heavy atom. The van der Waals surface area contributed by atoms with Crippen molar-refractivity contribution < 1.29 is 4.79 Å². The van der Waals surface area contributed by atoms with Gasteiger partial charge in [0.2, 0.25) is 5.91 Å². The van der Waals surface area contributed by atoms with E-state index in [-0.39, 0.29) is 11.3 Å². The second-order valence-corrected chi connectivity index (χ2v) is 6.81. The summed E-state index contributed by atoms with van der Waals surface area (Å²) in [5.41, 5.74) is 1.81. The van der Waals surface area contributed by atoms with Crippen LogP contribution in [-0.4, -0.2) is 10.9 Å². The lowest BCUT2D eigenvalue weighted by Gasteiger charge is -2.22. The summed E-state index contributed by atoms with van der Waals surface area (Å²) in [5, 5.41) is 3.34. The normalized spacial score (nSPS) is 13.2. The molecule has 106 valence electrons. The van der Waals surface area contributed by atoms with Crippen LogP contribution in [0.15, 0.2) is 12.3 Å². The summed E-state index contributed by atoms with van der Waals surface area (Å²) >= 11 is 5.85. The molecule has 0 fully saturated rings. The molecule has 1 aromatic rings. The van der Waals surface area contributed by atoms with Gasteiger partial charge < -0.3 is 5.32 Å². The summed E-state index contributed by atoms with van der Waals surface area (Å²) in [6.45, 7) is 10.5. The number of hydrogen-bond acceptors (Lipinski definition) is 2. The number of nitrogens with zero attached hydrogens (tertiary/aromatic N) is 1. The number of aromatic nitrogens is 1. The van der Waals surface area contributed by atoms with Gasteiger partial charge in [-0.15, -0.1) is 0 Å². The Bertz CT molecular complexity index is 452. The van der Waals surface area contributed by atoms with Gasteiger partial charge in [-0.3, -0.25) is 4.79 Å². The molecule has 19 heavy (non-hydrogen) atoms. The predicted molar refractivity (Wildman–Crippen MR) is 80.5 cm³/mol. The molecule has 0 radical (unpaired) electrons. The summed E-state index contributed by atoms with van der Waals surface area (Å²) in [6, 6.07) is 1.83. The van der Waals surface area contributed by atoms with Crippen molar-refractivity contribution in [3.8, 4) is 0 Å². The van der Waals surface area contributed by atoms with Crippen molar-refractivity contribution >= 4 is 23.2 Å². The van der Waals surface area contributed by atoms with Gasteiger partial charge in [0.15, 0.2) is 0 Å². The highest BCUT2D eigenvalue weighted by atomic mass is 35.5. The molecule has 1 aromatic heterocycles.